The second-order valence-electron chi connectivity index (χ2n) is 5.90. The standard InChI is InChI=1S/C18H29NO/c1-2-3-5-10-17-11-12-18(20-17)13-14-19-15-16-8-6-4-7-9-16/h4,6-9,17-19H,2-3,5,10-15H2,1H3. The predicted octanol–water partition coefficient (Wildman–Crippen LogP) is 4.29. The van der Waals surface area contributed by atoms with Crippen molar-refractivity contribution < 1.29 is 4.74 Å². The number of hydrogen-bond acceptors (Lipinski definition) is 2. The highest BCUT2D eigenvalue weighted by atomic mass is 16.5. The molecule has 0 amide bonds. The van der Waals surface area contributed by atoms with Gasteiger partial charge in [-0.3, -0.25) is 0 Å². The molecule has 2 rings (SSSR count). The molecule has 2 atom stereocenters. The van der Waals surface area contributed by atoms with Gasteiger partial charge in [0.15, 0.2) is 0 Å². The van der Waals surface area contributed by atoms with E-state index in [0.717, 1.165) is 19.5 Å². The Hall–Kier alpha value is -0.860. The summed E-state index contributed by atoms with van der Waals surface area (Å²) < 4.78 is 6.12. The summed E-state index contributed by atoms with van der Waals surface area (Å²) in [5.41, 5.74) is 1.36. The van der Waals surface area contributed by atoms with E-state index in [9.17, 15) is 0 Å². The molecule has 0 saturated carbocycles. The fourth-order valence-corrected chi connectivity index (χ4v) is 2.92. The summed E-state index contributed by atoms with van der Waals surface area (Å²) in [6.07, 6.45) is 9.96. The lowest BCUT2D eigenvalue weighted by Gasteiger charge is -2.14. The van der Waals surface area contributed by atoms with E-state index in [1.165, 1.54) is 44.1 Å². The molecule has 1 aromatic rings. The van der Waals surface area contributed by atoms with Crippen molar-refractivity contribution in [2.24, 2.45) is 0 Å². The summed E-state index contributed by atoms with van der Waals surface area (Å²) in [6.45, 7) is 4.28. The van der Waals surface area contributed by atoms with Crippen LogP contribution in [-0.2, 0) is 11.3 Å². The van der Waals surface area contributed by atoms with E-state index in [0.29, 0.717) is 12.2 Å². The van der Waals surface area contributed by atoms with Gasteiger partial charge in [0.1, 0.15) is 0 Å². The highest BCUT2D eigenvalue weighted by Gasteiger charge is 2.23. The minimum absolute atomic E-state index is 0.491. The van der Waals surface area contributed by atoms with E-state index >= 15 is 0 Å². The van der Waals surface area contributed by atoms with E-state index in [1.54, 1.807) is 0 Å². The molecule has 1 aliphatic rings. The number of unbranched alkanes of at least 4 members (excludes halogenated alkanes) is 2. The first-order valence-electron chi connectivity index (χ1n) is 8.28. The Kier molecular flexibility index (Phi) is 7.10. The number of hydrogen-bond donors (Lipinski definition) is 1. The van der Waals surface area contributed by atoms with Crippen LogP contribution in [0.2, 0.25) is 0 Å². The lowest BCUT2D eigenvalue weighted by Crippen LogP contribution is -2.20. The SMILES string of the molecule is CCCCCC1CCC(CCNCc2ccccc2)O1. The monoisotopic (exact) mass is 275 g/mol. The van der Waals surface area contributed by atoms with Gasteiger partial charge in [0.2, 0.25) is 0 Å². The van der Waals surface area contributed by atoms with Crippen LogP contribution in [0.3, 0.4) is 0 Å². The molecule has 1 fully saturated rings. The Labute approximate surface area is 123 Å². The molecule has 112 valence electrons. The van der Waals surface area contributed by atoms with Gasteiger partial charge in [-0.2, -0.15) is 0 Å². The molecule has 2 nitrogen and oxygen atoms in total. The van der Waals surface area contributed by atoms with Crippen molar-refractivity contribution in [2.45, 2.75) is 70.6 Å². The molecule has 0 aromatic heterocycles. The van der Waals surface area contributed by atoms with Crippen LogP contribution >= 0.6 is 0 Å². The Morgan fingerprint density at radius 1 is 1.05 bits per heavy atom. The molecule has 0 bridgehead atoms. The van der Waals surface area contributed by atoms with Crippen LogP contribution in [-0.4, -0.2) is 18.8 Å². The van der Waals surface area contributed by atoms with E-state index < -0.39 is 0 Å². The van der Waals surface area contributed by atoms with E-state index in [4.69, 9.17) is 4.74 Å². The summed E-state index contributed by atoms with van der Waals surface area (Å²) in [5.74, 6) is 0. The van der Waals surface area contributed by atoms with Crippen LogP contribution in [0.4, 0.5) is 0 Å². The average Bonchev–Trinajstić information content (AvgIpc) is 2.93. The van der Waals surface area contributed by atoms with Gasteiger partial charge in [0.25, 0.3) is 0 Å². The number of benzene rings is 1. The van der Waals surface area contributed by atoms with Gasteiger partial charge >= 0.3 is 0 Å². The van der Waals surface area contributed by atoms with Gasteiger partial charge < -0.3 is 10.1 Å². The lowest BCUT2D eigenvalue weighted by atomic mass is 10.1. The van der Waals surface area contributed by atoms with Crippen LogP contribution < -0.4 is 5.32 Å². The zero-order valence-corrected chi connectivity index (χ0v) is 12.8. The van der Waals surface area contributed by atoms with Crippen molar-refractivity contribution in [1.82, 2.24) is 5.32 Å². The second-order valence-corrected chi connectivity index (χ2v) is 5.90. The van der Waals surface area contributed by atoms with Crippen LogP contribution in [0.25, 0.3) is 0 Å². The molecule has 20 heavy (non-hydrogen) atoms. The van der Waals surface area contributed by atoms with Crippen LogP contribution in [0, 0.1) is 0 Å². The van der Waals surface area contributed by atoms with Crippen molar-refractivity contribution in [3.8, 4) is 0 Å². The summed E-state index contributed by atoms with van der Waals surface area (Å²) in [4.78, 5) is 0. The molecule has 1 aromatic carbocycles. The maximum atomic E-state index is 6.12. The van der Waals surface area contributed by atoms with Crippen LogP contribution in [0.5, 0.6) is 0 Å². The van der Waals surface area contributed by atoms with Gasteiger partial charge in [-0.15, -0.1) is 0 Å². The summed E-state index contributed by atoms with van der Waals surface area (Å²) >= 11 is 0. The number of ether oxygens (including phenoxy) is 1. The molecular formula is C18H29NO. The zero-order chi connectivity index (χ0) is 14.0. The zero-order valence-electron chi connectivity index (χ0n) is 12.8. The van der Waals surface area contributed by atoms with Crippen molar-refractivity contribution in [2.75, 3.05) is 6.54 Å². The van der Waals surface area contributed by atoms with E-state index in [1.807, 2.05) is 0 Å². The smallest absolute Gasteiger partial charge is 0.0592 e. The quantitative estimate of drug-likeness (QED) is 0.679. The molecule has 1 saturated heterocycles. The number of rotatable bonds is 9. The highest BCUT2D eigenvalue weighted by molar-refractivity contribution is 5.14. The third-order valence-corrected chi connectivity index (χ3v) is 4.14. The second kappa shape index (κ2) is 9.15. The van der Waals surface area contributed by atoms with E-state index in [2.05, 4.69) is 42.6 Å². The molecule has 2 heteroatoms. The molecular weight excluding hydrogens is 246 g/mol. The first kappa shape index (κ1) is 15.5. The largest absolute Gasteiger partial charge is 0.375 e. The van der Waals surface area contributed by atoms with Gasteiger partial charge in [-0.05, 0) is 37.8 Å². The minimum Gasteiger partial charge on any atom is -0.375 e. The van der Waals surface area contributed by atoms with Gasteiger partial charge in [0, 0.05) is 6.54 Å². The Morgan fingerprint density at radius 2 is 1.80 bits per heavy atom. The average molecular weight is 275 g/mol. The minimum atomic E-state index is 0.491. The van der Waals surface area contributed by atoms with Gasteiger partial charge in [0.05, 0.1) is 12.2 Å². The molecule has 0 aliphatic carbocycles. The fraction of sp³-hybridized carbons (Fsp3) is 0.667. The Balaban J connectivity index is 1.52. The Bertz CT molecular complexity index is 352. The van der Waals surface area contributed by atoms with Crippen molar-refractivity contribution in [3.63, 3.8) is 0 Å². The first-order chi connectivity index (χ1) is 9.88. The third-order valence-electron chi connectivity index (χ3n) is 4.14. The summed E-state index contributed by atoms with van der Waals surface area (Å²) in [6, 6.07) is 10.6. The van der Waals surface area contributed by atoms with Crippen molar-refractivity contribution >= 4 is 0 Å². The van der Waals surface area contributed by atoms with Crippen LogP contribution in [0.1, 0.15) is 57.4 Å². The van der Waals surface area contributed by atoms with Gasteiger partial charge in [-0.25, -0.2) is 0 Å². The van der Waals surface area contributed by atoms with Gasteiger partial charge in [-0.1, -0.05) is 56.5 Å². The molecule has 2 unspecified atom stereocenters. The Morgan fingerprint density at radius 3 is 2.55 bits per heavy atom. The van der Waals surface area contributed by atoms with Crippen molar-refractivity contribution in [1.29, 1.82) is 0 Å². The molecule has 0 spiro atoms. The predicted molar refractivity (Wildman–Crippen MR) is 84.8 cm³/mol. The maximum absolute atomic E-state index is 6.12. The van der Waals surface area contributed by atoms with Crippen LogP contribution in [0.15, 0.2) is 30.3 Å². The molecule has 0 radical (unpaired) electrons. The topological polar surface area (TPSA) is 21.3 Å². The highest BCUT2D eigenvalue weighted by Crippen LogP contribution is 2.25. The molecule has 1 N–H and O–H groups in total. The normalized spacial score (nSPS) is 22.2. The lowest BCUT2D eigenvalue weighted by molar-refractivity contribution is 0.0351. The molecule has 1 aliphatic heterocycles. The first-order valence-corrected chi connectivity index (χ1v) is 8.28. The third kappa shape index (κ3) is 5.64. The van der Waals surface area contributed by atoms with Crippen molar-refractivity contribution in [3.05, 3.63) is 35.9 Å². The number of nitrogens with one attached hydrogen (secondary N) is 1. The van der Waals surface area contributed by atoms with E-state index in [-0.39, 0.29) is 0 Å². The molecule has 1 heterocycles. The fourth-order valence-electron chi connectivity index (χ4n) is 2.92. The summed E-state index contributed by atoms with van der Waals surface area (Å²) in [7, 11) is 0. The maximum Gasteiger partial charge on any atom is 0.0592 e. The summed E-state index contributed by atoms with van der Waals surface area (Å²) in [5, 5.41) is 3.52.